The van der Waals surface area contributed by atoms with Gasteiger partial charge in [-0.05, 0) is 40.8 Å². The first-order valence-electron chi connectivity index (χ1n) is 7.95. The van der Waals surface area contributed by atoms with E-state index in [-0.39, 0.29) is 39.6 Å². The Hall–Kier alpha value is -2.03. The molecule has 3 rings (SSSR count). The lowest BCUT2D eigenvalue weighted by Gasteiger charge is -2.10. The van der Waals surface area contributed by atoms with E-state index in [2.05, 4.69) is 10.3 Å². The monoisotopic (exact) mass is 541 g/mol. The fraction of sp³-hybridized carbons (Fsp3) is 0.176. The van der Waals surface area contributed by atoms with Gasteiger partial charge in [0.05, 0.1) is 34.9 Å². The number of carbonyl (C=O) groups excluding carboxylic acids is 1. The second-order valence-corrected chi connectivity index (χ2v) is 7.89. The van der Waals surface area contributed by atoms with Gasteiger partial charge in [0.15, 0.2) is 0 Å². The summed E-state index contributed by atoms with van der Waals surface area (Å²) in [7, 11) is 0. The molecule has 0 saturated heterocycles. The lowest BCUT2D eigenvalue weighted by molar-refractivity contribution is -0.136. The molecule has 0 aliphatic carbocycles. The Kier molecular flexibility index (Phi) is 6.55. The number of amides is 1. The van der Waals surface area contributed by atoms with Crippen LogP contribution in [0.15, 0.2) is 30.6 Å². The highest BCUT2D eigenvalue weighted by Gasteiger charge is 2.35. The number of hydroxylamine groups is 1. The molecule has 0 saturated carbocycles. The van der Waals surface area contributed by atoms with Crippen LogP contribution in [0.25, 0.3) is 10.1 Å². The molecule has 0 aliphatic heterocycles. The summed E-state index contributed by atoms with van der Waals surface area (Å²) in [5, 5.41) is 11.4. The standard InChI is InChI=1S/C17H12F4IN3O3S/c18-11-5-8(22)1-2-12(11)24-13-9-6-23-7-10(17(19,20)21)14(9)29-15(13)16(27)25-28-4-3-26/h1-2,5-7,24,26H,3-4H2,(H,25,27). The van der Waals surface area contributed by atoms with Crippen LogP contribution in [0.3, 0.4) is 0 Å². The molecule has 0 fully saturated rings. The van der Waals surface area contributed by atoms with Gasteiger partial charge >= 0.3 is 6.18 Å². The van der Waals surface area contributed by atoms with Crippen LogP contribution >= 0.6 is 33.9 Å². The van der Waals surface area contributed by atoms with Gasteiger partial charge in [0.25, 0.3) is 5.91 Å². The van der Waals surface area contributed by atoms with E-state index in [1.807, 2.05) is 28.1 Å². The maximum absolute atomic E-state index is 14.3. The average Bonchev–Trinajstić information content (AvgIpc) is 3.02. The molecule has 0 radical (unpaired) electrons. The van der Waals surface area contributed by atoms with E-state index in [9.17, 15) is 22.4 Å². The van der Waals surface area contributed by atoms with Gasteiger partial charge in [0, 0.05) is 21.4 Å². The number of rotatable bonds is 6. The van der Waals surface area contributed by atoms with Crippen LogP contribution in [0.5, 0.6) is 0 Å². The SMILES string of the molecule is O=C(NOCCO)c1sc2c(C(F)(F)F)cncc2c1Nc1ccc(I)cc1F. The summed E-state index contributed by atoms with van der Waals surface area (Å²) in [6.07, 6.45) is -2.86. The third kappa shape index (κ3) is 4.76. The van der Waals surface area contributed by atoms with Crippen molar-refractivity contribution in [1.29, 1.82) is 0 Å². The first kappa shape index (κ1) is 21.7. The topological polar surface area (TPSA) is 83.5 Å². The fourth-order valence-corrected chi connectivity index (χ4v) is 4.03. The van der Waals surface area contributed by atoms with Crippen LogP contribution in [-0.4, -0.2) is 29.2 Å². The van der Waals surface area contributed by atoms with Crippen LogP contribution in [0, 0.1) is 9.39 Å². The molecule has 154 valence electrons. The van der Waals surface area contributed by atoms with E-state index < -0.39 is 23.5 Å². The number of anilines is 2. The van der Waals surface area contributed by atoms with Crippen molar-refractivity contribution < 1.29 is 32.3 Å². The lowest BCUT2D eigenvalue weighted by atomic mass is 10.2. The number of nitrogens with zero attached hydrogens (tertiary/aromatic N) is 1. The number of alkyl halides is 3. The number of halogens is 5. The Morgan fingerprint density at radius 1 is 1.31 bits per heavy atom. The van der Waals surface area contributed by atoms with Crippen molar-refractivity contribution in [3.63, 3.8) is 0 Å². The number of carbonyl (C=O) groups is 1. The minimum absolute atomic E-state index is 0.00934. The van der Waals surface area contributed by atoms with Crippen LogP contribution in [0.2, 0.25) is 0 Å². The van der Waals surface area contributed by atoms with E-state index in [4.69, 9.17) is 9.94 Å². The van der Waals surface area contributed by atoms with Crippen molar-refractivity contribution in [1.82, 2.24) is 10.5 Å². The van der Waals surface area contributed by atoms with Crippen molar-refractivity contribution in [3.8, 4) is 0 Å². The lowest BCUT2D eigenvalue weighted by Crippen LogP contribution is -2.25. The zero-order valence-electron chi connectivity index (χ0n) is 14.3. The van der Waals surface area contributed by atoms with Gasteiger partial charge in [-0.25, -0.2) is 9.87 Å². The molecule has 3 N–H and O–H groups in total. The minimum Gasteiger partial charge on any atom is -0.394 e. The molecule has 2 heterocycles. The zero-order valence-corrected chi connectivity index (χ0v) is 17.3. The molecule has 1 amide bonds. The molecular formula is C17H12F4IN3O3S. The largest absolute Gasteiger partial charge is 0.419 e. The van der Waals surface area contributed by atoms with E-state index in [0.29, 0.717) is 21.1 Å². The zero-order chi connectivity index (χ0) is 21.2. The highest BCUT2D eigenvalue weighted by molar-refractivity contribution is 14.1. The third-order valence-corrected chi connectivity index (χ3v) is 5.57. The minimum atomic E-state index is -4.69. The summed E-state index contributed by atoms with van der Waals surface area (Å²) >= 11 is 2.48. The van der Waals surface area contributed by atoms with Gasteiger partial charge < -0.3 is 10.4 Å². The van der Waals surface area contributed by atoms with Crippen LogP contribution in [0.4, 0.5) is 28.9 Å². The third-order valence-electron chi connectivity index (χ3n) is 3.66. The van der Waals surface area contributed by atoms with E-state index >= 15 is 0 Å². The van der Waals surface area contributed by atoms with E-state index in [1.54, 1.807) is 6.07 Å². The fourth-order valence-electron chi connectivity index (χ4n) is 2.43. The first-order valence-corrected chi connectivity index (χ1v) is 9.84. The molecule has 2 aromatic heterocycles. The summed E-state index contributed by atoms with van der Waals surface area (Å²) in [5.41, 5.74) is 0.977. The van der Waals surface area contributed by atoms with Gasteiger partial charge in [-0.1, -0.05) is 0 Å². The van der Waals surface area contributed by atoms with E-state index in [1.165, 1.54) is 18.3 Å². The van der Waals surface area contributed by atoms with Gasteiger partial charge in [0.1, 0.15) is 10.7 Å². The van der Waals surface area contributed by atoms with Gasteiger partial charge in [-0.15, -0.1) is 11.3 Å². The number of pyridine rings is 1. The maximum atomic E-state index is 14.3. The van der Waals surface area contributed by atoms with Gasteiger partial charge in [0.2, 0.25) is 0 Å². The van der Waals surface area contributed by atoms with Crippen LogP contribution in [-0.2, 0) is 11.0 Å². The Labute approximate surface area is 179 Å². The summed E-state index contributed by atoms with van der Waals surface area (Å²) in [4.78, 5) is 20.7. The number of aromatic nitrogens is 1. The summed E-state index contributed by atoms with van der Waals surface area (Å²) in [6.45, 7) is -0.575. The predicted octanol–water partition coefficient (Wildman–Crippen LogP) is 4.46. The predicted molar refractivity (Wildman–Crippen MR) is 108 cm³/mol. The Morgan fingerprint density at radius 3 is 2.72 bits per heavy atom. The van der Waals surface area contributed by atoms with Crippen molar-refractivity contribution in [2.75, 3.05) is 18.5 Å². The van der Waals surface area contributed by atoms with E-state index in [0.717, 1.165) is 0 Å². The normalized spacial score (nSPS) is 11.7. The Morgan fingerprint density at radius 2 is 2.07 bits per heavy atom. The number of nitrogens with one attached hydrogen (secondary N) is 2. The van der Waals surface area contributed by atoms with Gasteiger partial charge in [-0.3, -0.25) is 14.6 Å². The second kappa shape index (κ2) is 8.77. The number of aliphatic hydroxyl groups excluding tert-OH is 1. The first-order chi connectivity index (χ1) is 13.7. The molecule has 29 heavy (non-hydrogen) atoms. The van der Waals surface area contributed by atoms with Crippen LogP contribution in [0.1, 0.15) is 15.2 Å². The number of fused-ring (bicyclic) bond motifs is 1. The summed E-state index contributed by atoms with van der Waals surface area (Å²) < 4.78 is 54.8. The molecule has 3 aromatic rings. The number of benzene rings is 1. The molecule has 0 spiro atoms. The van der Waals surface area contributed by atoms with Crippen molar-refractivity contribution in [3.05, 3.63) is 50.4 Å². The van der Waals surface area contributed by atoms with Crippen LogP contribution < -0.4 is 10.8 Å². The number of aliphatic hydroxyl groups is 1. The molecule has 1 aromatic carbocycles. The van der Waals surface area contributed by atoms with Gasteiger partial charge in [-0.2, -0.15) is 13.2 Å². The molecule has 12 heteroatoms. The smallest absolute Gasteiger partial charge is 0.394 e. The number of thiophene rings is 1. The van der Waals surface area contributed by atoms with Crippen molar-refractivity contribution >= 4 is 61.3 Å². The average molecular weight is 541 g/mol. The maximum Gasteiger partial charge on any atom is 0.419 e. The summed E-state index contributed by atoms with van der Waals surface area (Å²) in [5.74, 6) is -1.49. The number of hydrogen-bond donors (Lipinski definition) is 3. The van der Waals surface area contributed by atoms with Crippen molar-refractivity contribution in [2.24, 2.45) is 0 Å². The number of hydrogen-bond acceptors (Lipinski definition) is 6. The second-order valence-electron chi connectivity index (χ2n) is 5.62. The molecular weight excluding hydrogens is 529 g/mol. The molecule has 0 bridgehead atoms. The molecule has 6 nitrogen and oxygen atoms in total. The summed E-state index contributed by atoms with van der Waals surface area (Å²) in [6, 6.07) is 4.25. The Bertz CT molecular complexity index is 1060. The molecule has 0 aliphatic rings. The highest BCUT2D eigenvalue weighted by Crippen LogP contribution is 2.43. The Balaban J connectivity index is 2.13. The quantitative estimate of drug-likeness (QED) is 0.186. The highest BCUT2D eigenvalue weighted by atomic mass is 127. The van der Waals surface area contributed by atoms with Crippen molar-refractivity contribution in [2.45, 2.75) is 6.18 Å². The molecule has 0 unspecified atom stereocenters. The molecule has 0 atom stereocenters.